The van der Waals surface area contributed by atoms with Gasteiger partial charge in [0.15, 0.2) is 0 Å². The first-order chi connectivity index (χ1) is 18.8. The van der Waals surface area contributed by atoms with E-state index in [0.29, 0.717) is 33.6 Å². The van der Waals surface area contributed by atoms with Gasteiger partial charge in [0.2, 0.25) is 5.91 Å². The normalized spacial score (nSPS) is 12.9. The summed E-state index contributed by atoms with van der Waals surface area (Å²) in [5.41, 5.74) is 1.68. The van der Waals surface area contributed by atoms with Crippen LogP contribution < -0.4 is 14.8 Å². The summed E-state index contributed by atoms with van der Waals surface area (Å²) in [4.78, 5) is 39.7. The number of nitrogens with zero attached hydrogens (tertiary/aromatic N) is 1. The third-order valence-corrected chi connectivity index (χ3v) is 7.82. The highest BCUT2D eigenvalue weighted by Crippen LogP contribution is 2.30. The van der Waals surface area contributed by atoms with E-state index in [-0.39, 0.29) is 42.0 Å². The van der Waals surface area contributed by atoms with E-state index in [9.17, 15) is 22.8 Å². The molecule has 5 rings (SSSR count). The molecule has 1 aliphatic rings. The lowest BCUT2D eigenvalue weighted by atomic mass is 9.94. The fourth-order valence-electron chi connectivity index (χ4n) is 4.55. The number of imide groups is 1. The van der Waals surface area contributed by atoms with Crippen molar-refractivity contribution < 1.29 is 27.5 Å². The molecular formula is C29H25N3O6S. The van der Waals surface area contributed by atoms with E-state index in [2.05, 4.69) is 10.0 Å². The number of benzene rings is 4. The number of hydrogen-bond donors (Lipinski definition) is 2. The van der Waals surface area contributed by atoms with Gasteiger partial charge in [-0.05, 0) is 60.3 Å². The summed E-state index contributed by atoms with van der Waals surface area (Å²) in [7, 11) is -2.43. The molecule has 4 aromatic rings. The Morgan fingerprint density at radius 3 is 2.13 bits per heavy atom. The average Bonchev–Trinajstić information content (AvgIpc) is 2.94. The monoisotopic (exact) mass is 543 g/mol. The second kappa shape index (κ2) is 10.6. The van der Waals surface area contributed by atoms with Crippen LogP contribution in [0, 0.1) is 0 Å². The van der Waals surface area contributed by atoms with Crippen LogP contribution in [0.3, 0.4) is 0 Å². The van der Waals surface area contributed by atoms with E-state index in [1.807, 2.05) is 12.1 Å². The summed E-state index contributed by atoms with van der Waals surface area (Å²) in [5.74, 6) is -0.678. The Labute approximate surface area is 225 Å². The predicted octanol–water partition coefficient (Wildman–Crippen LogP) is 4.66. The van der Waals surface area contributed by atoms with Crippen LogP contribution in [0.15, 0.2) is 89.8 Å². The van der Waals surface area contributed by atoms with Crippen LogP contribution in [0.25, 0.3) is 10.8 Å². The van der Waals surface area contributed by atoms with Crippen molar-refractivity contribution >= 4 is 49.9 Å². The van der Waals surface area contributed by atoms with Crippen LogP contribution in [-0.4, -0.2) is 44.7 Å². The summed E-state index contributed by atoms with van der Waals surface area (Å²) >= 11 is 0. The molecule has 1 aliphatic heterocycles. The first kappa shape index (κ1) is 25.9. The van der Waals surface area contributed by atoms with Crippen LogP contribution in [0.5, 0.6) is 5.75 Å². The maximum atomic E-state index is 13.0. The molecule has 0 saturated carbocycles. The standard InChI is InChI=1S/C29H25N3O6S/c1-38-25-12-3-2-11-24(25)31-39(36,37)21-16-14-20(15-17-21)30-26(33)13-6-18-32-28(34)22-9-4-7-19-8-5-10-23(27(19)22)29(32)35/h2-5,7-12,14-17,31H,6,13,18H2,1H3,(H,30,33). The van der Waals surface area contributed by atoms with Gasteiger partial charge in [-0.25, -0.2) is 8.42 Å². The molecule has 2 N–H and O–H groups in total. The Bertz CT molecular complexity index is 1650. The van der Waals surface area contributed by atoms with Crippen LogP contribution in [0.4, 0.5) is 11.4 Å². The molecule has 0 unspecified atom stereocenters. The van der Waals surface area contributed by atoms with Crippen molar-refractivity contribution in [2.24, 2.45) is 0 Å². The Morgan fingerprint density at radius 2 is 1.49 bits per heavy atom. The Balaban J connectivity index is 1.18. The minimum Gasteiger partial charge on any atom is -0.495 e. The highest BCUT2D eigenvalue weighted by Gasteiger charge is 2.32. The summed E-state index contributed by atoms with van der Waals surface area (Å²) in [6, 6.07) is 23.1. The quantitative estimate of drug-likeness (QED) is 0.296. The van der Waals surface area contributed by atoms with Gasteiger partial charge in [-0.3, -0.25) is 24.0 Å². The molecule has 0 aliphatic carbocycles. The highest BCUT2D eigenvalue weighted by atomic mass is 32.2. The number of amides is 3. The number of para-hydroxylation sites is 2. The highest BCUT2D eigenvalue weighted by molar-refractivity contribution is 7.92. The van der Waals surface area contributed by atoms with Gasteiger partial charge < -0.3 is 10.1 Å². The third-order valence-electron chi connectivity index (χ3n) is 6.44. The van der Waals surface area contributed by atoms with Crippen molar-refractivity contribution in [2.75, 3.05) is 23.7 Å². The smallest absolute Gasteiger partial charge is 0.262 e. The second-order valence-corrected chi connectivity index (χ2v) is 10.6. The first-order valence-electron chi connectivity index (χ1n) is 12.2. The molecule has 198 valence electrons. The molecule has 39 heavy (non-hydrogen) atoms. The van der Waals surface area contributed by atoms with E-state index in [0.717, 1.165) is 5.39 Å². The number of rotatable bonds is 9. The molecule has 9 nitrogen and oxygen atoms in total. The number of anilines is 2. The van der Waals surface area contributed by atoms with Gasteiger partial charge in [0.1, 0.15) is 5.75 Å². The zero-order valence-corrected chi connectivity index (χ0v) is 21.8. The predicted molar refractivity (Wildman–Crippen MR) is 147 cm³/mol. The summed E-state index contributed by atoms with van der Waals surface area (Å²) < 4.78 is 33.2. The number of carbonyl (C=O) groups is 3. The van der Waals surface area contributed by atoms with Gasteiger partial charge in [-0.2, -0.15) is 0 Å². The summed E-state index contributed by atoms with van der Waals surface area (Å²) in [5, 5.41) is 4.21. The van der Waals surface area contributed by atoms with Gasteiger partial charge in [-0.1, -0.05) is 36.4 Å². The topological polar surface area (TPSA) is 122 Å². The fraction of sp³-hybridized carbons (Fsp3) is 0.138. The molecule has 3 amide bonds. The molecule has 0 fully saturated rings. The molecule has 1 heterocycles. The van der Waals surface area contributed by atoms with Crippen LogP contribution in [0.2, 0.25) is 0 Å². The lowest BCUT2D eigenvalue weighted by Crippen LogP contribution is -2.41. The van der Waals surface area contributed by atoms with E-state index in [4.69, 9.17) is 4.74 Å². The van der Waals surface area contributed by atoms with Gasteiger partial charge >= 0.3 is 0 Å². The van der Waals surface area contributed by atoms with Crippen molar-refractivity contribution in [3.8, 4) is 5.75 Å². The van der Waals surface area contributed by atoms with Crippen molar-refractivity contribution in [2.45, 2.75) is 17.7 Å². The summed E-state index contributed by atoms with van der Waals surface area (Å²) in [6.45, 7) is 0.0988. The molecule has 0 spiro atoms. The van der Waals surface area contributed by atoms with E-state index in [1.54, 1.807) is 48.5 Å². The minimum atomic E-state index is -3.88. The SMILES string of the molecule is COc1ccccc1NS(=O)(=O)c1ccc(NC(=O)CCCN2C(=O)c3cccc4cccc(c34)C2=O)cc1. The second-order valence-electron chi connectivity index (χ2n) is 8.95. The van der Waals surface area contributed by atoms with E-state index >= 15 is 0 Å². The van der Waals surface area contributed by atoms with E-state index in [1.165, 1.54) is 36.3 Å². The van der Waals surface area contributed by atoms with Gasteiger partial charge in [0, 0.05) is 35.2 Å². The van der Waals surface area contributed by atoms with Crippen molar-refractivity contribution in [1.29, 1.82) is 0 Å². The zero-order chi connectivity index (χ0) is 27.6. The van der Waals surface area contributed by atoms with Crippen LogP contribution in [0.1, 0.15) is 33.6 Å². The van der Waals surface area contributed by atoms with E-state index < -0.39 is 10.0 Å². The van der Waals surface area contributed by atoms with Gasteiger partial charge in [-0.15, -0.1) is 0 Å². The van der Waals surface area contributed by atoms with Crippen LogP contribution >= 0.6 is 0 Å². The van der Waals surface area contributed by atoms with Gasteiger partial charge in [0.05, 0.1) is 17.7 Å². The van der Waals surface area contributed by atoms with Gasteiger partial charge in [0.25, 0.3) is 21.8 Å². The third kappa shape index (κ3) is 5.19. The molecule has 0 bridgehead atoms. The van der Waals surface area contributed by atoms with Crippen molar-refractivity contribution in [1.82, 2.24) is 4.90 Å². The largest absolute Gasteiger partial charge is 0.495 e. The maximum absolute atomic E-state index is 13.0. The molecule has 0 saturated heterocycles. The Hall–Kier alpha value is -4.70. The summed E-state index contributed by atoms with van der Waals surface area (Å²) in [6.07, 6.45) is 0.342. The number of sulfonamides is 1. The fourth-order valence-corrected chi connectivity index (χ4v) is 5.63. The molecule has 0 radical (unpaired) electrons. The average molecular weight is 544 g/mol. The molecular weight excluding hydrogens is 518 g/mol. The molecule has 0 atom stereocenters. The molecule has 10 heteroatoms. The first-order valence-corrected chi connectivity index (χ1v) is 13.7. The lowest BCUT2D eigenvalue weighted by Gasteiger charge is -2.27. The number of nitrogens with one attached hydrogen (secondary N) is 2. The number of ether oxygens (including phenoxy) is 1. The van der Waals surface area contributed by atoms with Crippen LogP contribution in [-0.2, 0) is 14.8 Å². The maximum Gasteiger partial charge on any atom is 0.262 e. The Kier molecular flexibility index (Phi) is 7.03. The molecule has 0 aromatic heterocycles. The Morgan fingerprint density at radius 1 is 0.846 bits per heavy atom. The number of carbonyl (C=O) groups excluding carboxylic acids is 3. The number of methoxy groups -OCH3 is 1. The van der Waals surface area contributed by atoms with Crippen molar-refractivity contribution in [3.63, 3.8) is 0 Å². The molecule has 4 aromatic carbocycles. The minimum absolute atomic E-state index is 0.0174. The van der Waals surface area contributed by atoms with Crippen molar-refractivity contribution in [3.05, 3.63) is 96.1 Å². The zero-order valence-electron chi connectivity index (χ0n) is 21.0. The lowest BCUT2D eigenvalue weighted by molar-refractivity contribution is -0.116. The number of hydrogen-bond acceptors (Lipinski definition) is 6.